The summed E-state index contributed by atoms with van der Waals surface area (Å²) in [6, 6.07) is 2.12. The summed E-state index contributed by atoms with van der Waals surface area (Å²) >= 11 is 0. The second kappa shape index (κ2) is 10.9. The third-order valence-electron chi connectivity index (χ3n) is 3.16. The molecule has 2 N–H and O–H groups in total. The Kier molecular flexibility index (Phi) is 10.5. The molecule has 6 heteroatoms. The summed E-state index contributed by atoms with van der Waals surface area (Å²) in [7, 11) is 0. The Morgan fingerprint density at radius 1 is 1.27 bits per heavy atom. The van der Waals surface area contributed by atoms with Gasteiger partial charge in [0.1, 0.15) is 0 Å². The zero-order valence-corrected chi connectivity index (χ0v) is 17.1. The van der Waals surface area contributed by atoms with Crippen LogP contribution in [-0.2, 0) is 6.54 Å². The number of nitrogens with one attached hydrogen (secondary N) is 2. The number of hydrogen-bond acceptors (Lipinski definition) is 2. The van der Waals surface area contributed by atoms with Crippen molar-refractivity contribution in [3.8, 4) is 0 Å². The van der Waals surface area contributed by atoms with Crippen LogP contribution in [0.4, 0.5) is 0 Å². The van der Waals surface area contributed by atoms with E-state index in [-0.39, 0.29) is 24.0 Å². The Morgan fingerprint density at radius 3 is 2.45 bits per heavy atom. The molecule has 0 spiro atoms. The highest BCUT2D eigenvalue weighted by atomic mass is 127. The molecular formula is C16H32IN5. The van der Waals surface area contributed by atoms with Gasteiger partial charge in [0.15, 0.2) is 5.96 Å². The zero-order chi connectivity index (χ0) is 15.8. The molecule has 0 saturated carbocycles. The molecule has 1 aromatic heterocycles. The van der Waals surface area contributed by atoms with Gasteiger partial charge in [-0.15, -0.1) is 24.0 Å². The molecule has 1 rings (SSSR count). The molecule has 0 bridgehead atoms. The first kappa shape index (κ1) is 21.2. The summed E-state index contributed by atoms with van der Waals surface area (Å²) in [5, 5.41) is 11.2. The highest BCUT2D eigenvalue weighted by Crippen LogP contribution is 2.05. The quantitative estimate of drug-likeness (QED) is 0.405. The average molecular weight is 421 g/mol. The largest absolute Gasteiger partial charge is 0.357 e. The molecule has 1 unspecified atom stereocenters. The van der Waals surface area contributed by atoms with Crippen LogP contribution in [0, 0.1) is 25.7 Å². The standard InChI is InChI=1S/C16H31N5.HI/c1-7-17-16(18-9-12(2)3)19-10-13(4)11-21-15(6)8-14(5)20-21;/h8,12-13H,7,9-11H2,1-6H3,(H2,17,18,19);1H. The van der Waals surface area contributed by atoms with Gasteiger partial charge in [-0.2, -0.15) is 5.10 Å². The molecule has 1 aromatic rings. The first-order chi connectivity index (χ1) is 9.92. The summed E-state index contributed by atoms with van der Waals surface area (Å²) in [5.74, 6) is 1.98. The molecule has 0 radical (unpaired) electrons. The van der Waals surface area contributed by atoms with E-state index in [0.29, 0.717) is 11.8 Å². The number of halogens is 1. The van der Waals surface area contributed by atoms with Crippen LogP contribution >= 0.6 is 24.0 Å². The van der Waals surface area contributed by atoms with Crippen LogP contribution in [0.25, 0.3) is 0 Å². The summed E-state index contributed by atoms with van der Waals surface area (Å²) < 4.78 is 2.08. The average Bonchev–Trinajstić information content (AvgIpc) is 2.71. The van der Waals surface area contributed by atoms with Crippen LogP contribution in [-0.4, -0.2) is 35.4 Å². The maximum Gasteiger partial charge on any atom is 0.191 e. The lowest BCUT2D eigenvalue weighted by molar-refractivity contribution is 0.435. The first-order valence-corrected chi connectivity index (χ1v) is 7.95. The molecule has 0 aliphatic rings. The number of nitrogens with zero attached hydrogens (tertiary/aromatic N) is 3. The van der Waals surface area contributed by atoms with Crippen LogP contribution in [0.15, 0.2) is 11.1 Å². The van der Waals surface area contributed by atoms with E-state index in [1.807, 2.05) is 6.92 Å². The van der Waals surface area contributed by atoms with Crippen LogP contribution in [0.1, 0.15) is 39.1 Å². The Bertz CT molecular complexity index is 453. The molecule has 0 aromatic carbocycles. The normalized spacial score (nSPS) is 13.0. The Morgan fingerprint density at radius 2 is 1.95 bits per heavy atom. The summed E-state index contributed by atoms with van der Waals surface area (Å²) in [6.07, 6.45) is 0. The summed E-state index contributed by atoms with van der Waals surface area (Å²) in [5.41, 5.74) is 2.30. The van der Waals surface area contributed by atoms with E-state index < -0.39 is 0 Å². The van der Waals surface area contributed by atoms with Crippen molar-refractivity contribution in [1.29, 1.82) is 0 Å². The minimum atomic E-state index is 0. The van der Waals surface area contributed by atoms with Gasteiger partial charge in [0.2, 0.25) is 0 Å². The van der Waals surface area contributed by atoms with Gasteiger partial charge < -0.3 is 10.6 Å². The molecule has 5 nitrogen and oxygen atoms in total. The molecule has 22 heavy (non-hydrogen) atoms. The lowest BCUT2D eigenvalue weighted by Gasteiger charge is -2.17. The van der Waals surface area contributed by atoms with Gasteiger partial charge in [-0.1, -0.05) is 20.8 Å². The van der Waals surface area contributed by atoms with Gasteiger partial charge in [-0.25, -0.2) is 0 Å². The smallest absolute Gasteiger partial charge is 0.191 e. The number of rotatable bonds is 7. The van der Waals surface area contributed by atoms with Crippen molar-refractivity contribution in [2.24, 2.45) is 16.8 Å². The SMILES string of the molecule is CCNC(=NCC(C)C)NCC(C)Cn1nc(C)cc1C.I. The third kappa shape index (κ3) is 8.00. The van der Waals surface area contributed by atoms with Gasteiger partial charge in [0.05, 0.1) is 5.69 Å². The zero-order valence-electron chi connectivity index (χ0n) is 14.8. The van der Waals surface area contributed by atoms with Gasteiger partial charge in [0, 0.05) is 31.9 Å². The van der Waals surface area contributed by atoms with Crippen molar-refractivity contribution in [2.45, 2.75) is 48.1 Å². The van der Waals surface area contributed by atoms with Crippen LogP contribution in [0.5, 0.6) is 0 Å². The Balaban J connectivity index is 0.00000441. The monoisotopic (exact) mass is 421 g/mol. The first-order valence-electron chi connectivity index (χ1n) is 7.95. The fraction of sp³-hybridized carbons (Fsp3) is 0.750. The number of aliphatic imine (C=N–C) groups is 1. The van der Waals surface area contributed by atoms with Gasteiger partial charge in [-0.3, -0.25) is 9.67 Å². The maximum absolute atomic E-state index is 4.59. The van der Waals surface area contributed by atoms with E-state index in [2.05, 4.69) is 66.1 Å². The number of aromatic nitrogens is 2. The van der Waals surface area contributed by atoms with E-state index in [4.69, 9.17) is 0 Å². The van der Waals surface area contributed by atoms with E-state index >= 15 is 0 Å². The van der Waals surface area contributed by atoms with Gasteiger partial charge in [0.25, 0.3) is 0 Å². The predicted molar refractivity (Wildman–Crippen MR) is 105 cm³/mol. The van der Waals surface area contributed by atoms with E-state index in [1.54, 1.807) is 0 Å². The number of aryl methyl sites for hydroxylation is 2. The molecule has 0 amide bonds. The van der Waals surface area contributed by atoms with Crippen molar-refractivity contribution >= 4 is 29.9 Å². The summed E-state index contributed by atoms with van der Waals surface area (Å²) in [6.45, 7) is 16.4. The Labute approximate surface area is 152 Å². The topological polar surface area (TPSA) is 54.2 Å². The van der Waals surface area contributed by atoms with Crippen LogP contribution < -0.4 is 10.6 Å². The molecule has 0 aliphatic carbocycles. The van der Waals surface area contributed by atoms with Crippen LogP contribution in [0.3, 0.4) is 0 Å². The third-order valence-corrected chi connectivity index (χ3v) is 3.16. The molecule has 0 aliphatic heterocycles. The highest BCUT2D eigenvalue weighted by Gasteiger charge is 2.08. The van der Waals surface area contributed by atoms with Gasteiger partial charge >= 0.3 is 0 Å². The van der Waals surface area contributed by atoms with Crippen molar-refractivity contribution in [2.75, 3.05) is 19.6 Å². The van der Waals surface area contributed by atoms with Crippen molar-refractivity contribution in [3.63, 3.8) is 0 Å². The minimum Gasteiger partial charge on any atom is -0.357 e. The molecule has 0 fully saturated rings. The Hall–Kier alpha value is -0.790. The van der Waals surface area contributed by atoms with E-state index in [9.17, 15) is 0 Å². The second-order valence-corrected chi connectivity index (χ2v) is 6.21. The fourth-order valence-electron chi connectivity index (χ4n) is 2.11. The van der Waals surface area contributed by atoms with Crippen molar-refractivity contribution < 1.29 is 0 Å². The lowest BCUT2D eigenvalue weighted by Crippen LogP contribution is -2.40. The van der Waals surface area contributed by atoms with Crippen molar-refractivity contribution in [3.05, 3.63) is 17.5 Å². The molecular weight excluding hydrogens is 389 g/mol. The summed E-state index contributed by atoms with van der Waals surface area (Å²) in [4.78, 5) is 4.59. The number of guanidine groups is 1. The second-order valence-electron chi connectivity index (χ2n) is 6.21. The number of hydrogen-bond donors (Lipinski definition) is 2. The van der Waals surface area contributed by atoms with Crippen LogP contribution in [0.2, 0.25) is 0 Å². The fourth-order valence-corrected chi connectivity index (χ4v) is 2.11. The highest BCUT2D eigenvalue weighted by molar-refractivity contribution is 14.0. The van der Waals surface area contributed by atoms with Crippen molar-refractivity contribution in [1.82, 2.24) is 20.4 Å². The lowest BCUT2D eigenvalue weighted by atomic mass is 10.2. The van der Waals surface area contributed by atoms with E-state index in [0.717, 1.165) is 37.8 Å². The van der Waals surface area contributed by atoms with Gasteiger partial charge in [-0.05, 0) is 38.7 Å². The maximum atomic E-state index is 4.59. The molecule has 128 valence electrons. The van der Waals surface area contributed by atoms with E-state index in [1.165, 1.54) is 5.69 Å². The molecule has 1 atom stereocenters. The predicted octanol–water partition coefficient (Wildman–Crippen LogP) is 2.97. The minimum absolute atomic E-state index is 0. The molecule has 1 heterocycles. The molecule has 0 saturated heterocycles.